The smallest absolute Gasteiger partial charge is 0.217 e. The molecule has 0 fully saturated rings. The molecule has 7 heteroatoms. The van der Waals surface area contributed by atoms with Crippen LogP contribution in [0.4, 0.5) is 0 Å². The van der Waals surface area contributed by atoms with Crippen molar-refractivity contribution in [2.24, 2.45) is 5.41 Å². The number of carbonyl (C=O) groups is 2. The number of nitrogens with zero attached hydrogens (tertiary/aromatic N) is 1. The van der Waals surface area contributed by atoms with Crippen LogP contribution in [-0.2, 0) is 11.2 Å². The topological polar surface area (TPSA) is 111 Å². The first-order valence-electron chi connectivity index (χ1n) is 11.0. The van der Waals surface area contributed by atoms with Crippen LogP contribution in [0.15, 0.2) is 42.5 Å². The van der Waals surface area contributed by atoms with Crippen LogP contribution in [0.5, 0.6) is 5.75 Å². The van der Waals surface area contributed by atoms with Gasteiger partial charge in [0.15, 0.2) is 5.78 Å². The van der Waals surface area contributed by atoms with Gasteiger partial charge in [-0.25, -0.2) is 0 Å². The quantitative estimate of drug-likeness (QED) is 0.571. The van der Waals surface area contributed by atoms with Gasteiger partial charge in [0, 0.05) is 30.5 Å². The Morgan fingerprint density at radius 2 is 2.06 bits per heavy atom. The first-order valence-corrected chi connectivity index (χ1v) is 11.0. The Morgan fingerprint density at radius 1 is 1.30 bits per heavy atom. The fourth-order valence-electron chi connectivity index (χ4n) is 4.39. The lowest BCUT2D eigenvalue weighted by atomic mass is 9.71. The van der Waals surface area contributed by atoms with Crippen LogP contribution in [0.25, 0.3) is 0 Å². The molecule has 33 heavy (non-hydrogen) atoms. The fourth-order valence-corrected chi connectivity index (χ4v) is 4.39. The van der Waals surface area contributed by atoms with E-state index in [1.54, 1.807) is 37.4 Å². The van der Waals surface area contributed by atoms with Crippen molar-refractivity contribution in [2.45, 2.75) is 51.8 Å². The van der Waals surface area contributed by atoms with E-state index in [0.29, 0.717) is 29.7 Å². The molecule has 1 aliphatic carbocycles. The van der Waals surface area contributed by atoms with Crippen molar-refractivity contribution >= 4 is 11.7 Å². The van der Waals surface area contributed by atoms with E-state index in [2.05, 4.69) is 16.7 Å². The first kappa shape index (κ1) is 24.4. The normalized spacial score (nSPS) is 18.5. The Hall–Kier alpha value is -3.21. The van der Waals surface area contributed by atoms with Gasteiger partial charge < -0.3 is 20.5 Å². The Balaban J connectivity index is 1.78. The lowest BCUT2D eigenvalue weighted by Crippen LogP contribution is -2.49. The van der Waals surface area contributed by atoms with Crippen molar-refractivity contribution in [3.8, 4) is 11.8 Å². The number of carbonyl (C=O) groups excluding carboxylic acids is 2. The molecule has 3 atom stereocenters. The number of amides is 1. The Bertz CT molecular complexity index is 1070. The molecule has 0 aliphatic heterocycles. The summed E-state index contributed by atoms with van der Waals surface area (Å²) in [6.45, 7) is 5.48. The van der Waals surface area contributed by atoms with Crippen molar-refractivity contribution in [1.29, 1.82) is 5.26 Å². The Morgan fingerprint density at radius 3 is 2.73 bits per heavy atom. The molecule has 2 aromatic rings. The van der Waals surface area contributed by atoms with Gasteiger partial charge in [-0.1, -0.05) is 26.0 Å². The van der Waals surface area contributed by atoms with Crippen molar-refractivity contribution in [3.63, 3.8) is 0 Å². The molecule has 7 nitrogen and oxygen atoms in total. The number of hydrogen-bond acceptors (Lipinski definition) is 6. The molecule has 174 valence electrons. The molecular weight excluding hydrogens is 418 g/mol. The van der Waals surface area contributed by atoms with Crippen molar-refractivity contribution < 1.29 is 19.4 Å². The van der Waals surface area contributed by atoms with Crippen molar-refractivity contribution in [2.75, 3.05) is 13.7 Å². The summed E-state index contributed by atoms with van der Waals surface area (Å²) >= 11 is 0. The number of aliphatic hydroxyl groups is 1. The summed E-state index contributed by atoms with van der Waals surface area (Å²) in [4.78, 5) is 24.7. The maximum Gasteiger partial charge on any atom is 0.217 e. The van der Waals surface area contributed by atoms with Gasteiger partial charge in [0.25, 0.3) is 0 Å². The molecule has 2 aromatic carbocycles. The lowest BCUT2D eigenvalue weighted by molar-refractivity contribution is -0.120. The number of ether oxygens (including phenoxy) is 1. The average molecular weight is 450 g/mol. The van der Waals surface area contributed by atoms with Gasteiger partial charge in [-0.15, -0.1) is 0 Å². The van der Waals surface area contributed by atoms with Crippen LogP contribution in [0, 0.1) is 16.7 Å². The number of rotatable bonds is 8. The van der Waals surface area contributed by atoms with Crippen LogP contribution in [0.3, 0.4) is 0 Å². The predicted octanol–water partition coefficient (Wildman–Crippen LogP) is 2.92. The van der Waals surface area contributed by atoms with Gasteiger partial charge in [0.2, 0.25) is 5.91 Å². The number of nitriles is 1. The van der Waals surface area contributed by atoms with Crippen LogP contribution in [0.2, 0.25) is 0 Å². The third kappa shape index (κ3) is 5.78. The zero-order valence-corrected chi connectivity index (χ0v) is 19.5. The van der Waals surface area contributed by atoms with E-state index in [0.717, 1.165) is 11.1 Å². The van der Waals surface area contributed by atoms with E-state index in [-0.39, 0.29) is 24.3 Å². The minimum Gasteiger partial charge on any atom is -0.497 e. The summed E-state index contributed by atoms with van der Waals surface area (Å²) in [7, 11) is 1.59. The molecule has 0 aromatic heterocycles. The third-order valence-corrected chi connectivity index (χ3v) is 6.15. The minimum atomic E-state index is -0.880. The number of aliphatic hydroxyl groups excluding tert-OH is 1. The fraction of sp³-hybridized carbons (Fsp3) is 0.423. The highest BCUT2D eigenvalue weighted by atomic mass is 16.5. The number of Topliss-reactive ketones (excluding diaryl/α,β-unsaturated/α-hetero) is 1. The molecule has 0 radical (unpaired) electrons. The minimum absolute atomic E-state index is 0.0900. The average Bonchev–Trinajstić information content (AvgIpc) is 2.79. The number of ketones is 1. The van der Waals surface area contributed by atoms with Gasteiger partial charge in [0.1, 0.15) is 5.75 Å². The standard InChI is InChI=1S/C26H31N3O4/c1-16(30)29-22(11-17-6-5-7-18(10-17)14-27)24(31)15-28-23-13-26(2,3)25(32)20-9-8-19(33-4)12-21(20)23/h5-10,12,22-24,28,31H,11,13,15H2,1-4H3,(H,29,30)/t22?,23-,24?/m0/s1. The van der Waals surface area contributed by atoms with Gasteiger partial charge in [-0.05, 0) is 54.3 Å². The van der Waals surface area contributed by atoms with E-state index in [9.17, 15) is 14.7 Å². The number of fused-ring (bicyclic) bond motifs is 1. The summed E-state index contributed by atoms with van der Waals surface area (Å²) in [6, 6.07) is 14.0. The van der Waals surface area contributed by atoms with Gasteiger partial charge in [-0.2, -0.15) is 5.26 Å². The number of hydrogen-bond donors (Lipinski definition) is 3. The monoisotopic (exact) mass is 449 g/mol. The molecule has 2 unspecified atom stereocenters. The molecule has 0 saturated carbocycles. The summed E-state index contributed by atoms with van der Waals surface area (Å²) in [6.07, 6.45) is 0.0829. The molecular formula is C26H31N3O4. The SMILES string of the molecule is COc1ccc2c(c1)[C@@H](NCC(O)C(Cc1cccc(C#N)c1)NC(C)=O)CC(C)(C)C2=O. The second-order valence-corrected chi connectivity index (χ2v) is 9.22. The summed E-state index contributed by atoms with van der Waals surface area (Å²) < 4.78 is 5.35. The van der Waals surface area contributed by atoms with Gasteiger partial charge in [-0.3, -0.25) is 9.59 Å². The molecule has 0 spiro atoms. The zero-order chi connectivity index (χ0) is 24.2. The van der Waals surface area contributed by atoms with E-state index < -0.39 is 17.6 Å². The third-order valence-electron chi connectivity index (χ3n) is 6.15. The molecule has 3 rings (SSSR count). The molecule has 0 bridgehead atoms. The summed E-state index contributed by atoms with van der Waals surface area (Å²) in [5, 5.41) is 26.4. The number of methoxy groups -OCH3 is 1. The molecule has 0 heterocycles. The van der Waals surface area contributed by atoms with Crippen LogP contribution in [-0.4, -0.2) is 42.6 Å². The van der Waals surface area contributed by atoms with E-state index in [1.807, 2.05) is 26.0 Å². The van der Waals surface area contributed by atoms with E-state index in [1.165, 1.54) is 6.92 Å². The van der Waals surface area contributed by atoms with Crippen LogP contribution < -0.4 is 15.4 Å². The van der Waals surface area contributed by atoms with Crippen LogP contribution >= 0.6 is 0 Å². The molecule has 1 aliphatic rings. The van der Waals surface area contributed by atoms with Gasteiger partial charge >= 0.3 is 0 Å². The maximum absolute atomic E-state index is 12.9. The zero-order valence-electron chi connectivity index (χ0n) is 19.5. The molecule has 3 N–H and O–H groups in total. The highest BCUT2D eigenvalue weighted by Crippen LogP contribution is 2.41. The van der Waals surface area contributed by atoms with Crippen LogP contribution in [0.1, 0.15) is 60.3 Å². The first-order chi connectivity index (χ1) is 15.6. The van der Waals surface area contributed by atoms with Gasteiger partial charge in [0.05, 0.1) is 30.9 Å². The lowest BCUT2D eigenvalue weighted by Gasteiger charge is -2.37. The van der Waals surface area contributed by atoms with Crippen molar-refractivity contribution in [3.05, 3.63) is 64.7 Å². The highest BCUT2D eigenvalue weighted by Gasteiger charge is 2.39. The Kier molecular flexibility index (Phi) is 7.52. The largest absolute Gasteiger partial charge is 0.497 e. The summed E-state index contributed by atoms with van der Waals surface area (Å²) in [5.41, 5.74) is 2.35. The van der Waals surface area contributed by atoms with E-state index >= 15 is 0 Å². The second-order valence-electron chi connectivity index (χ2n) is 9.22. The van der Waals surface area contributed by atoms with Crippen molar-refractivity contribution in [1.82, 2.24) is 10.6 Å². The molecule has 0 saturated heterocycles. The molecule has 1 amide bonds. The summed E-state index contributed by atoms with van der Waals surface area (Å²) in [5.74, 6) is 0.518. The van der Waals surface area contributed by atoms with E-state index in [4.69, 9.17) is 10.00 Å². The number of nitrogens with one attached hydrogen (secondary N) is 2. The Labute approximate surface area is 194 Å². The maximum atomic E-state index is 12.9. The predicted molar refractivity (Wildman–Crippen MR) is 125 cm³/mol. The number of benzene rings is 2. The second kappa shape index (κ2) is 10.2. The highest BCUT2D eigenvalue weighted by molar-refractivity contribution is 6.02.